The third kappa shape index (κ3) is 5.37. The first kappa shape index (κ1) is 25.4. The van der Waals surface area contributed by atoms with Gasteiger partial charge in [0.25, 0.3) is 11.8 Å². The number of β-amino-alcohol motifs (C(OH)–C–C–N with tert-alkyl or cyclic N) is 1. The Morgan fingerprint density at radius 2 is 1.87 bits per heavy atom. The topological polar surface area (TPSA) is 108 Å². The van der Waals surface area contributed by atoms with Gasteiger partial charge < -0.3 is 25.0 Å². The second-order valence-corrected chi connectivity index (χ2v) is 10.3. The van der Waals surface area contributed by atoms with Crippen LogP contribution in [-0.4, -0.2) is 62.6 Å². The summed E-state index contributed by atoms with van der Waals surface area (Å²) in [5.74, 6) is -0.0923. The number of pyridine rings is 2. The van der Waals surface area contributed by atoms with Crippen molar-refractivity contribution in [1.29, 1.82) is 0 Å². The number of halogens is 3. The number of alkyl halides is 3. The van der Waals surface area contributed by atoms with E-state index in [-0.39, 0.29) is 23.3 Å². The summed E-state index contributed by atoms with van der Waals surface area (Å²) in [7, 11) is 0. The SMILES string of the molecule is O=C(Nc1ccc(OC(F)(F)Cl)cc1)c1cnc(N2CC[C@@H](O)C2)c(-c2cnc3c(c2)C(=O)N(C2CC2)C3)c1. The molecule has 1 saturated carbocycles. The molecule has 1 saturated heterocycles. The average molecular weight is 556 g/mol. The van der Waals surface area contributed by atoms with Gasteiger partial charge in [-0.25, -0.2) is 4.98 Å². The summed E-state index contributed by atoms with van der Waals surface area (Å²) in [5, 5.41) is 12.8. The van der Waals surface area contributed by atoms with Gasteiger partial charge in [0, 0.05) is 59.9 Å². The van der Waals surface area contributed by atoms with E-state index < -0.39 is 17.6 Å². The van der Waals surface area contributed by atoms with Gasteiger partial charge >= 0.3 is 5.57 Å². The van der Waals surface area contributed by atoms with Gasteiger partial charge in [-0.2, -0.15) is 0 Å². The molecule has 2 N–H and O–H groups in total. The van der Waals surface area contributed by atoms with Crippen LogP contribution < -0.4 is 15.0 Å². The van der Waals surface area contributed by atoms with Gasteiger partial charge in [-0.05, 0) is 55.7 Å². The summed E-state index contributed by atoms with van der Waals surface area (Å²) >= 11 is 4.79. The minimum absolute atomic E-state index is 0.0405. The van der Waals surface area contributed by atoms with Crippen molar-refractivity contribution in [3.63, 3.8) is 0 Å². The predicted molar refractivity (Wildman–Crippen MR) is 139 cm³/mol. The number of anilines is 2. The average Bonchev–Trinajstić information content (AvgIpc) is 3.57. The van der Waals surface area contributed by atoms with Gasteiger partial charge in [-0.3, -0.25) is 14.6 Å². The number of aromatic nitrogens is 2. The molecule has 1 aromatic carbocycles. The molecule has 2 fully saturated rings. The van der Waals surface area contributed by atoms with E-state index in [4.69, 9.17) is 11.6 Å². The van der Waals surface area contributed by atoms with Gasteiger partial charge in [0.2, 0.25) is 0 Å². The monoisotopic (exact) mass is 555 g/mol. The first-order valence-electron chi connectivity index (χ1n) is 12.5. The molecule has 3 aliphatic rings. The molecule has 6 rings (SSSR count). The van der Waals surface area contributed by atoms with Gasteiger partial charge in [-0.1, -0.05) is 0 Å². The lowest BCUT2D eigenvalue weighted by molar-refractivity contribution is -0.0964. The maximum absolute atomic E-state index is 13.1. The van der Waals surface area contributed by atoms with Gasteiger partial charge in [-0.15, -0.1) is 8.78 Å². The van der Waals surface area contributed by atoms with Crippen molar-refractivity contribution in [2.24, 2.45) is 0 Å². The Morgan fingerprint density at radius 3 is 2.54 bits per heavy atom. The van der Waals surface area contributed by atoms with Crippen LogP contribution in [0.4, 0.5) is 20.3 Å². The molecular weight excluding hydrogens is 532 g/mol. The standard InChI is InChI=1S/C27H24ClF2N5O4/c28-27(29,30)39-20-5-1-17(2-6-20)33-25(37)16-10-21(24(32-12-16)34-8-7-19(36)13-34)15-9-22-23(31-11-15)14-35(26(22)38)18-3-4-18/h1-2,5-6,9-12,18-19,36H,3-4,7-8,13-14H2,(H,33,37)/t19-/m1/s1. The Hall–Kier alpha value is -3.83. The number of aliphatic hydroxyl groups excluding tert-OH is 1. The number of carbonyl (C=O) groups is 2. The van der Waals surface area contributed by atoms with Crippen LogP contribution in [-0.2, 0) is 6.54 Å². The van der Waals surface area contributed by atoms with Crippen LogP contribution in [0.1, 0.15) is 45.7 Å². The van der Waals surface area contributed by atoms with Gasteiger partial charge in [0.1, 0.15) is 11.6 Å². The summed E-state index contributed by atoms with van der Waals surface area (Å²) in [4.78, 5) is 39.1. The van der Waals surface area contributed by atoms with Crippen LogP contribution in [0.2, 0.25) is 0 Å². The summed E-state index contributed by atoms with van der Waals surface area (Å²) in [6.45, 7) is 1.49. The van der Waals surface area contributed by atoms with Crippen molar-refractivity contribution in [1.82, 2.24) is 14.9 Å². The summed E-state index contributed by atoms with van der Waals surface area (Å²) in [5.41, 5.74) is -0.718. The number of carbonyl (C=O) groups excluding carboxylic acids is 2. The van der Waals surface area contributed by atoms with E-state index in [0.717, 1.165) is 18.5 Å². The molecule has 9 nitrogen and oxygen atoms in total. The Balaban J connectivity index is 1.29. The van der Waals surface area contributed by atoms with Crippen molar-refractivity contribution in [2.45, 2.75) is 43.5 Å². The van der Waals surface area contributed by atoms with Crippen molar-refractivity contribution < 1.29 is 28.2 Å². The number of fused-ring (bicyclic) bond motifs is 1. The lowest BCUT2D eigenvalue weighted by atomic mass is 10.0. The normalized spacial score (nSPS) is 18.9. The predicted octanol–water partition coefficient (Wildman–Crippen LogP) is 4.25. The molecule has 0 bridgehead atoms. The van der Waals surface area contributed by atoms with E-state index in [1.807, 2.05) is 9.80 Å². The van der Waals surface area contributed by atoms with E-state index >= 15 is 0 Å². The molecular formula is C27H24ClF2N5O4. The third-order valence-electron chi connectivity index (χ3n) is 7.02. The lowest BCUT2D eigenvalue weighted by Crippen LogP contribution is -2.25. The fraction of sp³-hybridized carbons (Fsp3) is 0.333. The van der Waals surface area contributed by atoms with E-state index in [9.17, 15) is 23.5 Å². The highest BCUT2D eigenvalue weighted by Gasteiger charge is 2.39. The molecule has 39 heavy (non-hydrogen) atoms. The first-order valence-corrected chi connectivity index (χ1v) is 12.9. The highest BCUT2D eigenvalue weighted by molar-refractivity contribution is 6.20. The highest BCUT2D eigenvalue weighted by Crippen LogP contribution is 2.37. The highest BCUT2D eigenvalue weighted by atomic mass is 35.5. The zero-order chi connectivity index (χ0) is 27.3. The molecule has 2 aromatic heterocycles. The molecule has 2 aliphatic heterocycles. The Kier molecular flexibility index (Phi) is 6.35. The quantitative estimate of drug-likeness (QED) is 0.420. The number of nitrogens with zero attached hydrogens (tertiary/aromatic N) is 4. The van der Waals surface area contributed by atoms with Crippen molar-refractivity contribution in [3.05, 3.63) is 65.6 Å². The Bertz CT molecular complexity index is 1450. The molecule has 0 unspecified atom stereocenters. The zero-order valence-corrected chi connectivity index (χ0v) is 21.4. The van der Waals surface area contributed by atoms with E-state index in [0.29, 0.717) is 54.3 Å². The molecule has 2 amide bonds. The van der Waals surface area contributed by atoms with Crippen LogP contribution in [0, 0.1) is 0 Å². The smallest absolute Gasteiger partial charge is 0.420 e. The molecule has 202 valence electrons. The molecule has 3 aromatic rings. The second-order valence-electron chi connectivity index (χ2n) is 9.89. The Morgan fingerprint density at radius 1 is 1.10 bits per heavy atom. The number of aliphatic hydroxyl groups is 1. The van der Waals surface area contributed by atoms with Crippen molar-refractivity contribution >= 4 is 34.9 Å². The largest absolute Gasteiger partial charge is 0.487 e. The van der Waals surface area contributed by atoms with E-state index in [1.54, 1.807) is 18.3 Å². The summed E-state index contributed by atoms with van der Waals surface area (Å²) < 4.78 is 30.0. The van der Waals surface area contributed by atoms with Crippen LogP contribution >= 0.6 is 11.6 Å². The third-order valence-corrected chi connectivity index (χ3v) is 7.09. The summed E-state index contributed by atoms with van der Waals surface area (Å²) in [6, 6.07) is 9.09. The number of benzene rings is 1. The second kappa shape index (κ2) is 9.73. The van der Waals surface area contributed by atoms with Crippen molar-refractivity contribution in [2.75, 3.05) is 23.3 Å². The number of hydrogen-bond acceptors (Lipinski definition) is 7. The first-order chi connectivity index (χ1) is 18.6. The van der Waals surface area contributed by atoms with Crippen molar-refractivity contribution in [3.8, 4) is 16.9 Å². The van der Waals surface area contributed by atoms with Crippen LogP contribution in [0.15, 0.2) is 48.8 Å². The molecule has 0 radical (unpaired) electrons. The fourth-order valence-electron chi connectivity index (χ4n) is 4.94. The lowest BCUT2D eigenvalue weighted by Gasteiger charge is -2.21. The molecule has 12 heteroatoms. The van der Waals surface area contributed by atoms with Crippen LogP contribution in [0.25, 0.3) is 11.1 Å². The number of nitrogens with one attached hydrogen (secondary N) is 1. The molecule has 1 atom stereocenters. The molecule has 4 heterocycles. The van der Waals surface area contributed by atoms with Gasteiger partial charge in [0.05, 0.1) is 29.5 Å². The van der Waals surface area contributed by atoms with Gasteiger partial charge in [0.15, 0.2) is 0 Å². The fourth-order valence-corrected chi connectivity index (χ4v) is 5.03. The minimum atomic E-state index is -3.84. The zero-order valence-electron chi connectivity index (χ0n) is 20.6. The number of ether oxygens (including phenoxy) is 1. The Labute approximate surface area is 227 Å². The molecule has 1 aliphatic carbocycles. The van der Waals surface area contributed by atoms with E-state index in [1.165, 1.54) is 30.5 Å². The number of hydrogen-bond donors (Lipinski definition) is 2. The molecule has 0 spiro atoms. The maximum Gasteiger partial charge on any atom is 0.487 e. The maximum atomic E-state index is 13.1. The van der Waals surface area contributed by atoms with E-state index in [2.05, 4.69) is 20.0 Å². The summed E-state index contributed by atoms with van der Waals surface area (Å²) in [6.07, 6.45) is 5.23. The van der Waals surface area contributed by atoms with Crippen LogP contribution in [0.3, 0.4) is 0 Å². The van der Waals surface area contributed by atoms with Crippen LogP contribution in [0.5, 0.6) is 5.75 Å². The minimum Gasteiger partial charge on any atom is -0.420 e. The number of amides is 2. The number of rotatable bonds is 7.